The first kappa shape index (κ1) is 21.5. The number of nitrogens with one attached hydrogen (secondary N) is 3. The molecule has 1 saturated heterocycles. The number of anilines is 1. The largest absolute Gasteiger partial charge is 0.491 e. The zero-order valence-electron chi connectivity index (χ0n) is 18.1. The highest BCUT2D eigenvalue weighted by atomic mass is 16.5. The SMILES string of the molecule is O=C(NC1CC1)C1C=CC2=C(N1)N(C(=O)Nc1cc(OC[C@@H](O)CO)ccn1)[C@H]1CCN2C1. The van der Waals surface area contributed by atoms with Crippen molar-refractivity contribution < 1.29 is 24.5 Å². The molecule has 1 aromatic heterocycles. The highest BCUT2D eigenvalue weighted by Gasteiger charge is 2.43. The van der Waals surface area contributed by atoms with E-state index in [4.69, 9.17) is 9.84 Å². The van der Waals surface area contributed by atoms with Gasteiger partial charge in [-0.2, -0.15) is 0 Å². The van der Waals surface area contributed by atoms with Crippen molar-refractivity contribution in [1.29, 1.82) is 0 Å². The number of fused-ring (bicyclic) bond motifs is 3. The van der Waals surface area contributed by atoms with Gasteiger partial charge in [0, 0.05) is 31.4 Å². The maximum Gasteiger partial charge on any atom is 0.328 e. The van der Waals surface area contributed by atoms with Gasteiger partial charge < -0.3 is 30.5 Å². The molecule has 11 nitrogen and oxygen atoms in total. The van der Waals surface area contributed by atoms with Crippen LogP contribution in [0.2, 0.25) is 0 Å². The highest BCUT2D eigenvalue weighted by molar-refractivity contribution is 5.91. The number of amides is 3. The van der Waals surface area contributed by atoms with E-state index in [2.05, 4.69) is 25.8 Å². The molecule has 0 spiro atoms. The number of allylic oxidation sites excluding steroid dienone is 1. The van der Waals surface area contributed by atoms with E-state index in [0.717, 1.165) is 38.0 Å². The Morgan fingerprint density at radius 1 is 1.33 bits per heavy atom. The molecule has 3 atom stereocenters. The van der Waals surface area contributed by atoms with Crippen LogP contribution in [0.1, 0.15) is 19.3 Å². The molecule has 2 bridgehead atoms. The molecule has 0 aromatic carbocycles. The van der Waals surface area contributed by atoms with Crippen LogP contribution in [0, 0.1) is 0 Å². The molecular weight excluding hydrogens is 428 g/mol. The normalized spacial score (nSPS) is 24.2. The lowest BCUT2D eigenvalue weighted by Gasteiger charge is -2.40. The summed E-state index contributed by atoms with van der Waals surface area (Å²) in [7, 11) is 0. The lowest BCUT2D eigenvalue weighted by Crippen LogP contribution is -2.56. The van der Waals surface area contributed by atoms with E-state index in [1.165, 1.54) is 6.20 Å². The van der Waals surface area contributed by atoms with Crippen molar-refractivity contribution >= 4 is 17.8 Å². The van der Waals surface area contributed by atoms with E-state index in [-0.39, 0.29) is 30.6 Å². The van der Waals surface area contributed by atoms with Gasteiger partial charge in [-0.15, -0.1) is 0 Å². The van der Waals surface area contributed by atoms with E-state index in [1.807, 2.05) is 12.2 Å². The number of rotatable bonds is 7. The Bertz CT molecular complexity index is 993. The summed E-state index contributed by atoms with van der Waals surface area (Å²) < 4.78 is 5.44. The Morgan fingerprint density at radius 3 is 2.97 bits per heavy atom. The van der Waals surface area contributed by atoms with Crippen LogP contribution in [-0.4, -0.2) is 87.5 Å². The maximum atomic E-state index is 13.3. The maximum absolute atomic E-state index is 13.3. The number of aromatic nitrogens is 1. The number of hydrogen-bond acceptors (Lipinski definition) is 8. The molecule has 5 N–H and O–H groups in total. The van der Waals surface area contributed by atoms with E-state index in [9.17, 15) is 14.7 Å². The van der Waals surface area contributed by atoms with Gasteiger partial charge in [0.25, 0.3) is 0 Å². The summed E-state index contributed by atoms with van der Waals surface area (Å²) in [6.07, 6.45) is 7.11. The number of urea groups is 1. The summed E-state index contributed by atoms with van der Waals surface area (Å²) in [5.41, 5.74) is 0.900. The molecule has 1 aliphatic carbocycles. The molecular formula is C22H28N6O5. The second-order valence-corrected chi connectivity index (χ2v) is 8.71. The molecule has 3 aliphatic heterocycles. The molecule has 4 heterocycles. The quantitative estimate of drug-likeness (QED) is 0.377. The van der Waals surface area contributed by atoms with Crippen molar-refractivity contribution in [3.05, 3.63) is 42.0 Å². The molecule has 1 saturated carbocycles. The number of aliphatic hydroxyl groups is 2. The minimum atomic E-state index is -0.990. The second kappa shape index (κ2) is 8.91. The van der Waals surface area contributed by atoms with Crippen LogP contribution in [0.25, 0.3) is 0 Å². The topological polar surface area (TPSA) is 139 Å². The van der Waals surface area contributed by atoms with Crippen molar-refractivity contribution in [3.63, 3.8) is 0 Å². The molecule has 33 heavy (non-hydrogen) atoms. The van der Waals surface area contributed by atoms with Crippen LogP contribution in [-0.2, 0) is 4.79 Å². The molecule has 5 rings (SSSR count). The van der Waals surface area contributed by atoms with Gasteiger partial charge in [0.05, 0.1) is 18.3 Å². The summed E-state index contributed by atoms with van der Waals surface area (Å²) in [4.78, 5) is 34.0. The van der Waals surface area contributed by atoms with Crippen molar-refractivity contribution in [2.75, 3.05) is 31.6 Å². The lowest BCUT2D eigenvalue weighted by molar-refractivity contribution is -0.122. The molecule has 1 unspecified atom stereocenters. The molecule has 4 aliphatic rings. The van der Waals surface area contributed by atoms with Crippen LogP contribution < -0.4 is 20.7 Å². The van der Waals surface area contributed by atoms with Gasteiger partial charge in [-0.25, -0.2) is 9.78 Å². The summed E-state index contributed by atoms with van der Waals surface area (Å²) in [6.45, 7) is 1.09. The Morgan fingerprint density at radius 2 is 2.18 bits per heavy atom. The monoisotopic (exact) mass is 456 g/mol. The van der Waals surface area contributed by atoms with Crippen molar-refractivity contribution in [1.82, 2.24) is 25.4 Å². The number of carbonyl (C=O) groups is 2. The van der Waals surface area contributed by atoms with Gasteiger partial charge in [-0.05, 0) is 31.4 Å². The number of ether oxygens (including phenoxy) is 1. The summed E-state index contributed by atoms with van der Waals surface area (Å²) >= 11 is 0. The molecule has 176 valence electrons. The fourth-order valence-corrected chi connectivity index (χ4v) is 4.26. The zero-order chi connectivity index (χ0) is 22.9. The van der Waals surface area contributed by atoms with Gasteiger partial charge >= 0.3 is 6.03 Å². The predicted octanol–water partition coefficient (Wildman–Crippen LogP) is -0.289. The first-order valence-corrected chi connectivity index (χ1v) is 11.2. The third-order valence-corrected chi connectivity index (χ3v) is 6.14. The number of dihydropyridines is 1. The first-order valence-electron chi connectivity index (χ1n) is 11.2. The van der Waals surface area contributed by atoms with Crippen LogP contribution >= 0.6 is 0 Å². The van der Waals surface area contributed by atoms with Gasteiger partial charge in [0.1, 0.15) is 36.1 Å². The molecule has 0 radical (unpaired) electrons. The van der Waals surface area contributed by atoms with Gasteiger partial charge in [0.2, 0.25) is 5.91 Å². The molecule has 11 heteroatoms. The molecule has 2 fully saturated rings. The first-order chi connectivity index (χ1) is 16.0. The van der Waals surface area contributed by atoms with Gasteiger partial charge in [-0.1, -0.05) is 6.08 Å². The van der Waals surface area contributed by atoms with Crippen LogP contribution in [0.5, 0.6) is 5.75 Å². The van der Waals surface area contributed by atoms with E-state index in [0.29, 0.717) is 17.4 Å². The summed E-state index contributed by atoms with van der Waals surface area (Å²) in [6, 6.07) is 2.51. The Kier molecular flexibility index (Phi) is 5.81. The lowest BCUT2D eigenvalue weighted by atomic mass is 10.1. The van der Waals surface area contributed by atoms with Gasteiger partial charge in [-0.3, -0.25) is 15.0 Å². The second-order valence-electron chi connectivity index (χ2n) is 8.71. The van der Waals surface area contributed by atoms with Crippen molar-refractivity contribution in [2.24, 2.45) is 0 Å². The third-order valence-electron chi connectivity index (χ3n) is 6.14. The van der Waals surface area contributed by atoms with Gasteiger partial charge in [0.15, 0.2) is 0 Å². The summed E-state index contributed by atoms with van der Waals surface area (Å²) in [5.74, 6) is 1.24. The predicted molar refractivity (Wildman–Crippen MR) is 118 cm³/mol. The van der Waals surface area contributed by atoms with Crippen molar-refractivity contribution in [3.8, 4) is 5.75 Å². The zero-order valence-corrected chi connectivity index (χ0v) is 18.1. The minimum Gasteiger partial charge on any atom is -0.491 e. The number of aliphatic hydroxyl groups excluding tert-OH is 2. The average molecular weight is 457 g/mol. The fraction of sp³-hybridized carbons (Fsp3) is 0.500. The van der Waals surface area contributed by atoms with Crippen LogP contribution in [0.3, 0.4) is 0 Å². The van der Waals surface area contributed by atoms with Crippen molar-refractivity contribution in [2.45, 2.75) is 43.5 Å². The average Bonchev–Trinajstić information content (AvgIpc) is 3.55. The number of nitrogens with zero attached hydrogens (tertiary/aromatic N) is 3. The molecule has 3 amide bonds. The number of carbonyl (C=O) groups excluding carboxylic acids is 2. The minimum absolute atomic E-state index is 0.0194. The van der Waals surface area contributed by atoms with Crippen LogP contribution in [0.4, 0.5) is 10.6 Å². The van der Waals surface area contributed by atoms with Crippen LogP contribution in [0.15, 0.2) is 42.0 Å². The third kappa shape index (κ3) is 4.60. The van der Waals surface area contributed by atoms with E-state index in [1.54, 1.807) is 17.0 Å². The standard InChI is InChI=1S/C22H28N6O5/c29-11-15(30)12-33-16-5-7-23-19(9-16)26-22(32)28-14-6-8-27(10-14)18-4-3-17(25-20(18)28)21(31)24-13-1-2-13/h3-5,7,9,13-15,17,25,29-30H,1-2,6,8,10-12H2,(H,24,31)(H,23,26,32)/t14-,15-,17?/m0/s1. The number of hydrogen-bond donors (Lipinski definition) is 5. The Balaban J connectivity index is 1.31. The fourth-order valence-electron chi connectivity index (χ4n) is 4.26. The Labute approximate surface area is 191 Å². The smallest absolute Gasteiger partial charge is 0.328 e. The highest BCUT2D eigenvalue weighted by Crippen LogP contribution is 2.33. The molecule has 1 aromatic rings. The van der Waals surface area contributed by atoms with E-state index < -0.39 is 18.8 Å². The Hall–Kier alpha value is -3.31. The summed E-state index contributed by atoms with van der Waals surface area (Å²) in [5, 5.41) is 27.5. The van der Waals surface area contributed by atoms with E-state index >= 15 is 0 Å². The number of pyridine rings is 1.